The van der Waals surface area contributed by atoms with Gasteiger partial charge in [0.25, 0.3) is 0 Å². The lowest BCUT2D eigenvalue weighted by atomic mass is 10.5. The van der Waals surface area contributed by atoms with Crippen molar-refractivity contribution >= 4 is 6.04 Å². The Labute approximate surface area is 34.5 Å². The summed E-state index contributed by atoms with van der Waals surface area (Å²) in [7, 11) is 0. The summed E-state index contributed by atoms with van der Waals surface area (Å²) in [6.45, 7) is 1.47. The first-order valence-corrected chi connectivity index (χ1v) is 1.45. The molecule has 0 heterocycles. The minimum Gasteiger partial charge on any atom is -0.269 e. The van der Waals surface area contributed by atoms with Crippen LogP contribution in [0.15, 0.2) is 0 Å². The average molecular weight is 96.1 g/mol. The van der Waals surface area contributed by atoms with Gasteiger partial charge in [-0.1, -0.05) is 6.92 Å². The highest BCUT2D eigenvalue weighted by Gasteiger charge is 1.83. The van der Waals surface area contributed by atoms with Gasteiger partial charge in [-0.05, 0) is 0 Å². The Bertz CT molecular complexity index is 44.1. The normalized spacial score (nSPS) is 6.33. The Morgan fingerprint density at radius 2 is 2.00 bits per heavy atom. The minimum atomic E-state index is -1.25. The minimum absolute atomic E-state index is 0. The largest absolute Gasteiger partial charge is 0.301 e. The van der Waals surface area contributed by atoms with Crippen LogP contribution in [0.5, 0.6) is 0 Å². The molecule has 0 aliphatic carbocycles. The summed E-state index contributed by atoms with van der Waals surface area (Å²) in [4.78, 5) is 9.15. The van der Waals surface area contributed by atoms with Crippen LogP contribution in [-0.2, 0) is 4.79 Å². The lowest BCUT2D eigenvalue weighted by Gasteiger charge is -1.66. The Kier molecular flexibility index (Phi) is 6.88. The summed E-state index contributed by atoms with van der Waals surface area (Å²) in [6.07, 6.45) is 0. The molecule has 0 aliphatic heterocycles. The number of carbonyl (C=O) groups excluding carboxylic acids is 1. The summed E-state index contributed by atoms with van der Waals surface area (Å²) in [5.41, 5.74) is 0. The van der Waals surface area contributed by atoms with E-state index in [-0.39, 0.29) is 11.1 Å². The molecule has 0 aromatic rings. The molecule has 6 heavy (non-hydrogen) atoms. The number of carbonyl (C=O) groups is 1. The fraction of sp³-hybridized carbons (Fsp3) is 0.667. The third kappa shape index (κ3) is 9.65. The van der Waals surface area contributed by atoms with Crippen LogP contribution in [0.1, 0.15) is 13.3 Å². The van der Waals surface area contributed by atoms with Gasteiger partial charge in [-0.2, -0.15) is 4.39 Å². The van der Waals surface area contributed by atoms with Crippen LogP contribution < -0.4 is 0 Å². The molecule has 0 unspecified atom stereocenters. The van der Waals surface area contributed by atoms with Gasteiger partial charge >= 0.3 is 6.04 Å². The number of rotatable bonds is 1. The van der Waals surface area contributed by atoms with Crippen molar-refractivity contribution in [2.24, 2.45) is 0 Å². The van der Waals surface area contributed by atoms with Crippen molar-refractivity contribution in [2.75, 3.05) is 0 Å². The fourth-order valence-electron chi connectivity index (χ4n) is 0. The zero-order valence-electron chi connectivity index (χ0n) is 3.40. The van der Waals surface area contributed by atoms with E-state index in [9.17, 15) is 4.39 Å². The molecular formula is C3H6F2O. The topological polar surface area (TPSA) is 17.1 Å². The predicted molar refractivity (Wildman–Crippen MR) is 18.9 cm³/mol. The quantitative estimate of drug-likeness (QED) is 0.446. The molecule has 0 N–H and O–H groups in total. The average Bonchev–Trinajstić information content (AvgIpc) is 1.38. The first-order chi connectivity index (χ1) is 2.27. The standard InChI is InChI=1S/C3H5FO.FH/c1-2-3(4)5;/h2H2,1H3;1H. The lowest BCUT2D eigenvalue weighted by molar-refractivity contribution is -0.128. The Balaban J connectivity index is 0. The van der Waals surface area contributed by atoms with Crippen molar-refractivity contribution in [2.45, 2.75) is 13.3 Å². The van der Waals surface area contributed by atoms with Gasteiger partial charge in [-0.15, -0.1) is 0 Å². The second-order valence-corrected chi connectivity index (χ2v) is 0.709. The molecule has 0 aliphatic rings. The SMILES string of the molecule is CCC(=O)F.F. The maximum Gasteiger partial charge on any atom is 0.301 e. The first kappa shape index (κ1) is 9.11. The van der Waals surface area contributed by atoms with E-state index in [2.05, 4.69) is 0 Å². The van der Waals surface area contributed by atoms with Gasteiger partial charge in [0.15, 0.2) is 0 Å². The molecule has 0 fully saturated rings. The molecule has 0 spiro atoms. The highest BCUT2D eigenvalue weighted by atomic mass is 19.1. The van der Waals surface area contributed by atoms with Crippen LogP contribution in [0.2, 0.25) is 0 Å². The zero-order chi connectivity index (χ0) is 4.28. The van der Waals surface area contributed by atoms with Crippen LogP contribution in [0.4, 0.5) is 9.09 Å². The molecule has 0 atom stereocenters. The van der Waals surface area contributed by atoms with Crippen LogP contribution in [0.3, 0.4) is 0 Å². The van der Waals surface area contributed by atoms with Crippen LogP contribution in [-0.4, -0.2) is 6.04 Å². The Morgan fingerprint density at radius 1 is 1.83 bits per heavy atom. The van der Waals surface area contributed by atoms with Crippen molar-refractivity contribution in [3.63, 3.8) is 0 Å². The van der Waals surface area contributed by atoms with Crippen molar-refractivity contribution < 1.29 is 13.9 Å². The molecule has 0 saturated carbocycles. The van der Waals surface area contributed by atoms with Gasteiger partial charge in [-0.3, -0.25) is 9.50 Å². The van der Waals surface area contributed by atoms with Gasteiger partial charge in [0, 0.05) is 6.42 Å². The van der Waals surface area contributed by atoms with Gasteiger partial charge in [0.1, 0.15) is 0 Å². The second-order valence-electron chi connectivity index (χ2n) is 0.709. The maximum absolute atomic E-state index is 10.8. The van der Waals surface area contributed by atoms with E-state index in [0.29, 0.717) is 0 Å². The van der Waals surface area contributed by atoms with Crippen LogP contribution in [0, 0.1) is 0 Å². The summed E-state index contributed by atoms with van der Waals surface area (Å²) >= 11 is 0. The Hall–Kier alpha value is -0.470. The van der Waals surface area contributed by atoms with Crippen LogP contribution in [0.25, 0.3) is 0 Å². The third-order valence-electron chi connectivity index (χ3n) is 0.278. The van der Waals surface area contributed by atoms with Gasteiger partial charge < -0.3 is 0 Å². The van der Waals surface area contributed by atoms with E-state index in [1.165, 1.54) is 6.92 Å². The summed E-state index contributed by atoms with van der Waals surface area (Å²) in [6, 6.07) is -1.25. The van der Waals surface area contributed by atoms with E-state index < -0.39 is 6.04 Å². The molecule has 0 aromatic heterocycles. The van der Waals surface area contributed by atoms with Crippen molar-refractivity contribution in [3.8, 4) is 0 Å². The molecule has 0 bridgehead atoms. The third-order valence-corrected chi connectivity index (χ3v) is 0.278. The first-order valence-electron chi connectivity index (χ1n) is 1.45. The van der Waals surface area contributed by atoms with Crippen LogP contribution >= 0.6 is 0 Å². The Morgan fingerprint density at radius 3 is 2.00 bits per heavy atom. The van der Waals surface area contributed by atoms with E-state index in [1.54, 1.807) is 0 Å². The maximum atomic E-state index is 10.8. The predicted octanol–water partition coefficient (Wildman–Crippen LogP) is 1.04. The molecule has 1 nitrogen and oxygen atoms in total. The van der Waals surface area contributed by atoms with Gasteiger partial charge in [0.2, 0.25) is 0 Å². The summed E-state index contributed by atoms with van der Waals surface area (Å²) in [5, 5.41) is 0. The molecule has 3 heteroatoms. The molecule has 0 saturated heterocycles. The van der Waals surface area contributed by atoms with Crippen molar-refractivity contribution in [1.29, 1.82) is 0 Å². The van der Waals surface area contributed by atoms with Crippen molar-refractivity contribution in [3.05, 3.63) is 0 Å². The van der Waals surface area contributed by atoms with E-state index in [0.717, 1.165) is 0 Å². The lowest BCUT2D eigenvalue weighted by Crippen LogP contribution is -1.77. The van der Waals surface area contributed by atoms with E-state index >= 15 is 0 Å². The van der Waals surface area contributed by atoms with E-state index in [4.69, 9.17) is 4.79 Å². The molecule has 0 radical (unpaired) electrons. The zero-order valence-corrected chi connectivity index (χ0v) is 3.40. The monoisotopic (exact) mass is 96.0 g/mol. The fourth-order valence-corrected chi connectivity index (χ4v) is 0. The number of hydrogen-bond acceptors (Lipinski definition) is 1. The van der Waals surface area contributed by atoms with Crippen molar-refractivity contribution in [1.82, 2.24) is 0 Å². The second kappa shape index (κ2) is 4.53. The molecule has 0 aromatic carbocycles. The number of hydrogen-bond donors (Lipinski definition) is 0. The smallest absolute Gasteiger partial charge is 0.269 e. The number of halogens is 2. The summed E-state index contributed by atoms with van der Waals surface area (Å²) < 4.78 is 10.8. The highest BCUT2D eigenvalue weighted by molar-refractivity contribution is 5.67. The molecule has 0 amide bonds. The molecule has 38 valence electrons. The summed E-state index contributed by atoms with van der Waals surface area (Å²) in [5.74, 6) is 0. The van der Waals surface area contributed by atoms with Gasteiger partial charge in [0.05, 0.1) is 0 Å². The highest BCUT2D eigenvalue weighted by Crippen LogP contribution is 1.75. The van der Waals surface area contributed by atoms with E-state index in [1.807, 2.05) is 0 Å². The van der Waals surface area contributed by atoms with Gasteiger partial charge in [-0.25, -0.2) is 0 Å². The molecule has 0 rings (SSSR count). The molecular weight excluding hydrogens is 90.0 g/mol.